The fourth-order valence-electron chi connectivity index (χ4n) is 2.35. The zero-order valence-electron chi connectivity index (χ0n) is 8.72. The van der Waals surface area contributed by atoms with Gasteiger partial charge in [-0.25, -0.2) is 0 Å². The van der Waals surface area contributed by atoms with E-state index in [0.29, 0.717) is 5.92 Å². The van der Waals surface area contributed by atoms with Crippen LogP contribution in [0.2, 0.25) is 0 Å². The van der Waals surface area contributed by atoms with Crippen molar-refractivity contribution in [1.29, 1.82) is 0 Å². The van der Waals surface area contributed by atoms with E-state index >= 15 is 0 Å². The van der Waals surface area contributed by atoms with Crippen LogP contribution in [0.4, 0.5) is 0 Å². The highest BCUT2D eigenvalue weighted by Crippen LogP contribution is 2.31. The van der Waals surface area contributed by atoms with E-state index < -0.39 is 0 Å². The Balaban J connectivity index is 2.56. The first-order chi connectivity index (χ1) is 6.18. The first kappa shape index (κ1) is 8.74. The Morgan fingerprint density at radius 2 is 2.15 bits per heavy atom. The van der Waals surface area contributed by atoms with Gasteiger partial charge in [0.25, 0.3) is 0 Å². The lowest BCUT2D eigenvalue weighted by atomic mass is 9.85. The SMILES string of the molecule is Cc1cc(C)c2c(n1)[C@H](C)CCC2. The topological polar surface area (TPSA) is 12.9 Å². The predicted octanol–water partition coefficient (Wildman–Crippen LogP) is 3.14. The van der Waals surface area contributed by atoms with E-state index in [9.17, 15) is 0 Å². The molecule has 0 saturated heterocycles. The van der Waals surface area contributed by atoms with Gasteiger partial charge in [0, 0.05) is 11.4 Å². The van der Waals surface area contributed by atoms with Gasteiger partial charge in [-0.1, -0.05) is 6.92 Å². The fourth-order valence-corrected chi connectivity index (χ4v) is 2.35. The summed E-state index contributed by atoms with van der Waals surface area (Å²) < 4.78 is 0. The number of hydrogen-bond donors (Lipinski definition) is 0. The molecule has 1 aromatic rings. The summed E-state index contributed by atoms with van der Waals surface area (Å²) in [5.74, 6) is 0.669. The quantitative estimate of drug-likeness (QED) is 0.590. The smallest absolute Gasteiger partial charge is 0.0469 e. The Morgan fingerprint density at radius 1 is 1.38 bits per heavy atom. The van der Waals surface area contributed by atoms with Crippen molar-refractivity contribution in [2.75, 3.05) is 0 Å². The number of rotatable bonds is 0. The summed E-state index contributed by atoms with van der Waals surface area (Å²) in [6.07, 6.45) is 3.88. The Hall–Kier alpha value is -0.850. The molecule has 13 heavy (non-hydrogen) atoms. The summed E-state index contributed by atoms with van der Waals surface area (Å²) in [6, 6.07) is 2.21. The number of aromatic nitrogens is 1. The lowest BCUT2D eigenvalue weighted by Gasteiger charge is -2.23. The van der Waals surface area contributed by atoms with Gasteiger partial charge in [0.2, 0.25) is 0 Å². The molecule has 0 radical (unpaired) electrons. The van der Waals surface area contributed by atoms with Gasteiger partial charge < -0.3 is 0 Å². The molecule has 0 aliphatic heterocycles. The van der Waals surface area contributed by atoms with Crippen molar-refractivity contribution in [2.24, 2.45) is 0 Å². The van der Waals surface area contributed by atoms with Crippen LogP contribution in [0.5, 0.6) is 0 Å². The van der Waals surface area contributed by atoms with Gasteiger partial charge >= 0.3 is 0 Å². The molecule has 0 unspecified atom stereocenters. The van der Waals surface area contributed by atoms with Gasteiger partial charge in [0.05, 0.1) is 0 Å². The average molecular weight is 175 g/mol. The van der Waals surface area contributed by atoms with E-state index in [1.165, 1.54) is 41.8 Å². The third kappa shape index (κ3) is 1.48. The van der Waals surface area contributed by atoms with Crippen molar-refractivity contribution in [2.45, 2.75) is 46.0 Å². The second-order valence-electron chi connectivity index (χ2n) is 4.24. The molecule has 2 rings (SSSR count). The normalized spacial score (nSPS) is 21.3. The minimum atomic E-state index is 0.669. The van der Waals surface area contributed by atoms with E-state index in [1.807, 2.05) is 0 Å². The summed E-state index contributed by atoms with van der Waals surface area (Å²) in [5.41, 5.74) is 5.49. The minimum Gasteiger partial charge on any atom is -0.258 e. The number of aryl methyl sites for hydroxylation is 2. The van der Waals surface area contributed by atoms with Crippen molar-refractivity contribution in [1.82, 2.24) is 4.98 Å². The van der Waals surface area contributed by atoms with Gasteiger partial charge in [-0.05, 0) is 56.2 Å². The van der Waals surface area contributed by atoms with Crippen LogP contribution >= 0.6 is 0 Å². The van der Waals surface area contributed by atoms with Crippen molar-refractivity contribution in [3.8, 4) is 0 Å². The van der Waals surface area contributed by atoms with E-state index in [0.717, 1.165) is 0 Å². The van der Waals surface area contributed by atoms with E-state index in [4.69, 9.17) is 0 Å². The average Bonchev–Trinajstić information content (AvgIpc) is 2.07. The van der Waals surface area contributed by atoms with Crippen LogP contribution in [0.15, 0.2) is 6.07 Å². The Morgan fingerprint density at radius 3 is 2.92 bits per heavy atom. The van der Waals surface area contributed by atoms with Crippen LogP contribution in [0.25, 0.3) is 0 Å². The van der Waals surface area contributed by atoms with Crippen molar-refractivity contribution < 1.29 is 0 Å². The Bertz CT molecular complexity index is 328. The van der Waals surface area contributed by atoms with E-state index in [-0.39, 0.29) is 0 Å². The van der Waals surface area contributed by atoms with Crippen molar-refractivity contribution >= 4 is 0 Å². The van der Waals surface area contributed by atoms with Crippen LogP contribution in [0.3, 0.4) is 0 Å². The van der Waals surface area contributed by atoms with Gasteiger partial charge in [0.1, 0.15) is 0 Å². The third-order valence-electron chi connectivity index (χ3n) is 3.04. The molecule has 1 heterocycles. The maximum atomic E-state index is 4.66. The maximum absolute atomic E-state index is 4.66. The van der Waals surface area contributed by atoms with Crippen molar-refractivity contribution in [3.63, 3.8) is 0 Å². The zero-order chi connectivity index (χ0) is 9.42. The monoisotopic (exact) mass is 175 g/mol. The predicted molar refractivity (Wildman–Crippen MR) is 55.1 cm³/mol. The molecule has 0 spiro atoms. The molecule has 0 saturated carbocycles. The third-order valence-corrected chi connectivity index (χ3v) is 3.04. The van der Waals surface area contributed by atoms with Crippen LogP contribution in [-0.2, 0) is 6.42 Å². The largest absolute Gasteiger partial charge is 0.258 e. The molecule has 0 N–H and O–H groups in total. The molecule has 1 aliphatic rings. The highest BCUT2D eigenvalue weighted by molar-refractivity contribution is 5.35. The lowest BCUT2D eigenvalue weighted by Crippen LogP contribution is -2.11. The Kier molecular flexibility index (Phi) is 2.10. The van der Waals surface area contributed by atoms with Crippen LogP contribution in [-0.4, -0.2) is 4.98 Å². The highest BCUT2D eigenvalue weighted by Gasteiger charge is 2.19. The summed E-state index contributed by atoms with van der Waals surface area (Å²) in [5, 5.41) is 0. The van der Waals surface area contributed by atoms with Gasteiger partial charge in [-0.15, -0.1) is 0 Å². The molecule has 1 heteroatoms. The molecule has 1 atom stereocenters. The van der Waals surface area contributed by atoms with Crippen LogP contribution in [0, 0.1) is 13.8 Å². The second-order valence-corrected chi connectivity index (χ2v) is 4.24. The van der Waals surface area contributed by atoms with Gasteiger partial charge in [-0.3, -0.25) is 4.98 Å². The lowest BCUT2D eigenvalue weighted by molar-refractivity contribution is 0.569. The molecule has 1 nitrogen and oxygen atoms in total. The van der Waals surface area contributed by atoms with Crippen LogP contribution < -0.4 is 0 Å². The molecule has 70 valence electrons. The van der Waals surface area contributed by atoms with E-state index in [1.54, 1.807) is 0 Å². The number of pyridine rings is 1. The second kappa shape index (κ2) is 3.13. The molecule has 1 aromatic heterocycles. The molecular weight excluding hydrogens is 158 g/mol. The molecule has 1 aliphatic carbocycles. The molecular formula is C12H17N. The maximum Gasteiger partial charge on any atom is 0.0469 e. The fraction of sp³-hybridized carbons (Fsp3) is 0.583. The summed E-state index contributed by atoms with van der Waals surface area (Å²) in [4.78, 5) is 4.66. The van der Waals surface area contributed by atoms with Gasteiger partial charge in [0.15, 0.2) is 0 Å². The number of hydrogen-bond acceptors (Lipinski definition) is 1. The molecule has 0 bridgehead atoms. The highest BCUT2D eigenvalue weighted by atomic mass is 14.7. The molecule has 0 aromatic carbocycles. The number of fused-ring (bicyclic) bond motifs is 1. The van der Waals surface area contributed by atoms with E-state index in [2.05, 4.69) is 31.8 Å². The van der Waals surface area contributed by atoms with Gasteiger partial charge in [-0.2, -0.15) is 0 Å². The summed E-state index contributed by atoms with van der Waals surface area (Å²) in [7, 11) is 0. The standard InChI is InChI=1S/C12H17N/c1-8-5-4-6-11-9(2)7-10(3)13-12(8)11/h7-8H,4-6H2,1-3H3/t8-/m1/s1. The summed E-state index contributed by atoms with van der Waals surface area (Å²) in [6.45, 7) is 6.60. The van der Waals surface area contributed by atoms with Crippen molar-refractivity contribution in [3.05, 3.63) is 28.6 Å². The first-order valence-electron chi connectivity index (χ1n) is 5.15. The first-order valence-corrected chi connectivity index (χ1v) is 5.15. The molecule has 0 amide bonds. The van der Waals surface area contributed by atoms with Crippen LogP contribution in [0.1, 0.15) is 48.2 Å². The Labute approximate surface area is 80.2 Å². The molecule has 0 fully saturated rings. The summed E-state index contributed by atoms with van der Waals surface area (Å²) >= 11 is 0. The zero-order valence-corrected chi connectivity index (χ0v) is 8.72. The minimum absolute atomic E-state index is 0.669. The number of nitrogens with zero attached hydrogens (tertiary/aromatic N) is 1.